The topological polar surface area (TPSA) is 108 Å². The molecule has 1 unspecified atom stereocenters. The molecule has 4 rings (SSSR count). The summed E-state index contributed by atoms with van der Waals surface area (Å²) in [6.45, 7) is 8.58. The molecule has 10 heteroatoms. The summed E-state index contributed by atoms with van der Waals surface area (Å²) in [7, 11) is 1.47. The van der Waals surface area contributed by atoms with E-state index in [0.717, 1.165) is 18.4 Å². The number of halogens is 1. The molecule has 2 aromatic rings. The molecule has 0 bridgehead atoms. The number of carbonyl (C=O) groups excluding carboxylic acids is 3. The molecule has 0 radical (unpaired) electrons. The Morgan fingerprint density at radius 2 is 1.73 bits per heavy atom. The Morgan fingerprint density at radius 1 is 1.05 bits per heavy atom. The fourth-order valence-corrected chi connectivity index (χ4v) is 5.53. The van der Waals surface area contributed by atoms with E-state index in [4.69, 9.17) is 10.6 Å². The van der Waals surface area contributed by atoms with Crippen molar-refractivity contribution in [1.29, 1.82) is 0 Å². The Bertz CT molecular complexity index is 1290. The summed E-state index contributed by atoms with van der Waals surface area (Å²) in [5, 5.41) is 0. The lowest BCUT2D eigenvalue weighted by Crippen LogP contribution is -2.57. The van der Waals surface area contributed by atoms with Gasteiger partial charge in [0.25, 0.3) is 17.6 Å². The maximum absolute atomic E-state index is 14.0. The van der Waals surface area contributed by atoms with Crippen molar-refractivity contribution >= 4 is 28.9 Å². The van der Waals surface area contributed by atoms with E-state index in [-0.39, 0.29) is 34.9 Å². The predicted octanol–water partition coefficient (Wildman–Crippen LogP) is 3.45. The molecular weight excluding hydrogens is 513 g/mol. The molecule has 214 valence electrons. The number of piperazine rings is 1. The van der Waals surface area contributed by atoms with Crippen LogP contribution in [0.15, 0.2) is 42.5 Å². The largest absolute Gasteiger partial charge is 0.496 e. The van der Waals surface area contributed by atoms with Gasteiger partial charge in [0.1, 0.15) is 11.6 Å². The third-order valence-electron chi connectivity index (χ3n) is 7.81. The highest BCUT2D eigenvalue weighted by Crippen LogP contribution is 2.34. The highest BCUT2D eigenvalue weighted by atomic mass is 19.1. The second-order valence-electron chi connectivity index (χ2n) is 10.5. The number of amides is 2. The molecule has 2 heterocycles. The molecule has 2 aliphatic heterocycles. The van der Waals surface area contributed by atoms with E-state index in [1.807, 2.05) is 6.92 Å². The summed E-state index contributed by atoms with van der Waals surface area (Å²) < 4.78 is 18.9. The van der Waals surface area contributed by atoms with Crippen molar-refractivity contribution < 1.29 is 23.5 Å². The van der Waals surface area contributed by atoms with Crippen LogP contribution in [0.5, 0.6) is 5.75 Å². The highest BCUT2D eigenvalue weighted by molar-refractivity contribution is 6.53. The van der Waals surface area contributed by atoms with Gasteiger partial charge in [0, 0.05) is 62.0 Å². The minimum atomic E-state index is -0.638. The summed E-state index contributed by atoms with van der Waals surface area (Å²) in [5.41, 5.74) is 4.78. The molecule has 2 atom stereocenters. The van der Waals surface area contributed by atoms with Crippen molar-refractivity contribution in [2.45, 2.75) is 52.2 Å². The number of nitrogen functional groups attached to an aromatic ring is 1. The molecule has 3 N–H and O–H groups in total. The number of nitrogens with one attached hydrogen (secondary N) is 1. The first-order valence-corrected chi connectivity index (χ1v) is 13.7. The number of allylic oxidation sites excluding steroid dienone is 1. The fourth-order valence-electron chi connectivity index (χ4n) is 5.53. The zero-order chi connectivity index (χ0) is 29.0. The monoisotopic (exact) mass is 551 g/mol. The van der Waals surface area contributed by atoms with Crippen molar-refractivity contribution in [2.75, 3.05) is 38.7 Å². The van der Waals surface area contributed by atoms with Crippen LogP contribution in [-0.2, 0) is 16.1 Å². The van der Waals surface area contributed by atoms with Crippen LogP contribution >= 0.6 is 0 Å². The third kappa shape index (κ3) is 6.03. The zero-order valence-corrected chi connectivity index (χ0v) is 23.6. The van der Waals surface area contributed by atoms with Gasteiger partial charge in [-0.2, -0.15) is 0 Å². The SMILES string of the molecule is C/C=C(\C(=O)C(=O)N1CCCC1)c1cc(C(=O)N2C[C@H](C)N(Cc3ccc(F)cc3)CC2C)c(OC)cc1NN. The van der Waals surface area contributed by atoms with Crippen LogP contribution < -0.4 is 16.0 Å². The number of hydrazine groups is 1. The number of hydrogen-bond donors (Lipinski definition) is 2. The molecule has 0 aliphatic carbocycles. The van der Waals surface area contributed by atoms with Crippen LogP contribution in [0.25, 0.3) is 5.57 Å². The van der Waals surface area contributed by atoms with Crippen molar-refractivity contribution in [3.8, 4) is 5.75 Å². The van der Waals surface area contributed by atoms with Gasteiger partial charge >= 0.3 is 0 Å². The normalized spacial score (nSPS) is 20.0. The van der Waals surface area contributed by atoms with E-state index < -0.39 is 11.7 Å². The smallest absolute Gasteiger partial charge is 0.294 e. The van der Waals surface area contributed by atoms with Crippen LogP contribution in [0.2, 0.25) is 0 Å². The summed E-state index contributed by atoms with van der Waals surface area (Å²) in [5.74, 6) is 4.40. The number of carbonyl (C=O) groups is 3. The lowest BCUT2D eigenvalue weighted by Gasteiger charge is -2.44. The Kier molecular flexibility index (Phi) is 9.21. The van der Waals surface area contributed by atoms with Gasteiger partial charge in [0.05, 0.1) is 18.4 Å². The van der Waals surface area contributed by atoms with Gasteiger partial charge in [-0.3, -0.25) is 25.1 Å². The van der Waals surface area contributed by atoms with Gasteiger partial charge in [-0.25, -0.2) is 4.39 Å². The molecule has 9 nitrogen and oxygen atoms in total. The van der Waals surface area contributed by atoms with Crippen molar-refractivity contribution in [2.24, 2.45) is 5.84 Å². The average molecular weight is 552 g/mol. The van der Waals surface area contributed by atoms with E-state index in [0.29, 0.717) is 49.7 Å². The number of likely N-dealkylation sites (tertiary alicyclic amines) is 1. The Balaban J connectivity index is 1.60. The first kappa shape index (κ1) is 29.2. The summed E-state index contributed by atoms with van der Waals surface area (Å²) in [4.78, 5) is 45.8. The Labute approximate surface area is 234 Å². The number of hydrogen-bond acceptors (Lipinski definition) is 7. The number of Topliss-reactive ketones (excluding diaryl/α,β-unsaturated/α-hetero) is 1. The first-order valence-electron chi connectivity index (χ1n) is 13.7. The molecular formula is C30H38FN5O4. The minimum absolute atomic E-state index is 0.0476. The number of nitrogens with zero attached hydrogens (tertiary/aromatic N) is 3. The van der Waals surface area contributed by atoms with Crippen molar-refractivity contribution in [3.63, 3.8) is 0 Å². The van der Waals surface area contributed by atoms with Crippen LogP contribution in [0.3, 0.4) is 0 Å². The zero-order valence-electron chi connectivity index (χ0n) is 23.6. The van der Waals surface area contributed by atoms with Gasteiger partial charge in [0.15, 0.2) is 0 Å². The molecule has 2 amide bonds. The van der Waals surface area contributed by atoms with Gasteiger partial charge in [0.2, 0.25) is 0 Å². The number of methoxy groups -OCH3 is 1. The van der Waals surface area contributed by atoms with Gasteiger partial charge in [-0.1, -0.05) is 18.2 Å². The van der Waals surface area contributed by atoms with Crippen molar-refractivity contribution in [3.05, 3.63) is 65.0 Å². The van der Waals surface area contributed by atoms with E-state index >= 15 is 0 Å². The van der Waals surface area contributed by atoms with Crippen LogP contribution in [0.4, 0.5) is 10.1 Å². The molecule has 2 aromatic carbocycles. The predicted molar refractivity (Wildman–Crippen MR) is 152 cm³/mol. The number of nitrogens with two attached hydrogens (primary N) is 1. The van der Waals surface area contributed by atoms with Gasteiger partial charge in [-0.05, 0) is 57.4 Å². The summed E-state index contributed by atoms with van der Waals surface area (Å²) in [6, 6.07) is 9.55. The van der Waals surface area contributed by atoms with E-state index in [1.165, 1.54) is 19.2 Å². The minimum Gasteiger partial charge on any atom is -0.496 e. The Morgan fingerprint density at radius 3 is 2.33 bits per heavy atom. The van der Waals surface area contributed by atoms with Gasteiger partial charge in [-0.15, -0.1) is 0 Å². The van der Waals surface area contributed by atoms with Crippen LogP contribution in [0.1, 0.15) is 55.1 Å². The highest BCUT2D eigenvalue weighted by Gasteiger charge is 2.35. The van der Waals surface area contributed by atoms with E-state index in [2.05, 4.69) is 17.2 Å². The lowest BCUT2D eigenvalue weighted by molar-refractivity contribution is -0.141. The number of benzene rings is 2. The summed E-state index contributed by atoms with van der Waals surface area (Å²) in [6.07, 6.45) is 3.32. The average Bonchev–Trinajstić information content (AvgIpc) is 3.50. The first-order chi connectivity index (χ1) is 19.2. The molecule has 40 heavy (non-hydrogen) atoms. The quantitative estimate of drug-likeness (QED) is 0.224. The number of ether oxygens (including phenoxy) is 1. The van der Waals surface area contributed by atoms with Crippen molar-refractivity contribution in [1.82, 2.24) is 14.7 Å². The fraction of sp³-hybridized carbons (Fsp3) is 0.433. The van der Waals surface area contributed by atoms with Gasteiger partial charge < -0.3 is 20.0 Å². The lowest BCUT2D eigenvalue weighted by atomic mass is 9.95. The number of ketones is 1. The van der Waals surface area contributed by atoms with Crippen LogP contribution in [0, 0.1) is 5.82 Å². The second-order valence-corrected chi connectivity index (χ2v) is 10.5. The van der Waals surface area contributed by atoms with E-state index in [1.54, 1.807) is 47.1 Å². The molecule has 0 aromatic heterocycles. The second kappa shape index (κ2) is 12.6. The third-order valence-corrected chi connectivity index (χ3v) is 7.81. The molecule has 0 spiro atoms. The Hall–Kier alpha value is -3.76. The maximum Gasteiger partial charge on any atom is 0.294 e. The molecule has 0 saturated carbocycles. The maximum atomic E-state index is 14.0. The number of anilines is 1. The molecule has 2 fully saturated rings. The number of rotatable bonds is 8. The summed E-state index contributed by atoms with van der Waals surface area (Å²) >= 11 is 0. The van der Waals surface area contributed by atoms with E-state index in [9.17, 15) is 18.8 Å². The molecule has 2 aliphatic rings. The van der Waals surface area contributed by atoms with Crippen LogP contribution in [-0.4, -0.2) is 77.7 Å². The molecule has 2 saturated heterocycles. The standard InChI is InChI=1S/C30H38FN5O4/c1-5-23(28(37)30(39)34-12-6-7-13-34)24-14-25(27(40-4)15-26(24)33-32)29(38)36-17-19(2)35(16-20(36)3)18-21-8-10-22(31)11-9-21/h5,8-11,14-15,19-20,33H,6-7,12-13,16-18,32H2,1-4H3/b23-5-/t19-,20?/m0/s1.